The van der Waals surface area contributed by atoms with E-state index < -0.39 is 17.9 Å². The van der Waals surface area contributed by atoms with Crippen molar-refractivity contribution < 1.29 is 19.1 Å². The van der Waals surface area contributed by atoms with Gasteiger partial charge in [-0.15, -0.1) is 0 Å². The zero-order valence-electron chi connectivity index (χ0n) is 17.3. The van der Waals surface area contributed by atoms with Crippen LogP contribution in [-0.2, 0) is 19.1 Å². The lowest BCUT2D eigenvalue weighted by atomic mass is 10.0. The van der Waals surface area contributed by atoms with E-state index in [0.29, 0.717) is 13.0 Å². The highest BCUT2D eigenvalue weighted by Crippen LogP contribution is 2.28. The molecule has 2 aromatic rings. The van der Waals surface area contributed by atoms with Gasteiger partial charge in [-0.1, -0.05) is 34.1 Å². The standard InChI is InChI=1S/C23H25BrN2O4/c1-14-7-8-18(11-15(14)2)26-10-9-19(23(26)29)22(28)25-20(13-21(27)30-3)16-5-4-6-17(24)12-16/h4-8,11-12,19-20H,9-10,13H2,1-3H3,(H,25,28). The Kier molecular flexibility index (Phi) is 6.92. The molecule has 0 bridgehead atoms. The topological polar surface area (TPSA) is 75.7 Å². The number of halogens is 1. The fraction of sp³-hybridized carbons (Fsp3) is 0.348. The number of aryl methyl sites for hydroxylation is 2. The van der Waals surface area contributed by atoms with Crippen molar-refractivity contribution >= 4 is 39.4 Å². The summed E-state index contributed by atoms with van der Waals surface area (Å²) in [4.78, 5) is 39.5. The van der Waals surface area contributed by atoms with E-state index in [-0.39, 0.29) is 18.2 Å². The molecule has 1 aliphatic heterocycles. The summed E-state index contributed by atoms with van der Waals surface area (Å²) in [7, 11) is 1.31. The summed E-state index contributed by atoms with van der Waals surface area (Å²) < 4.78 is 5.61. The van der Waals surface area contributed by atoms with Crippen molar-refractivity contribution in [1.82, 2.24) is 5.32 Å². The van der Waals surface area contributed by atoms with Crippen molar-refractivity contribution in [2.45, 2.75) is 32.7 Å². The molecular formula is C23H25BrN2O4. The molecule has 3 rings (SSSR count). The van der Waals surface area contributed by atoms with E-state index in [1.807, 2.05) is 56.3 Å². The highest BCUT2D eigenvalue weighted by atomic mass is 79.9. The van der Waals surface area contributed by atoms with Gasteiger partial charge in [0.05, 0.1) is 19.6 Å². The van der Waals surface area contributed by atoms with Crippen LogP contribution in [-0.4, -0.2) is 31.4 Å². The van der Waals surface area contributed by atoms with E-state index >= 15 is 0 Å². The van der Waals surface area contributed by atoms with Crippen LogP contribution in [0.3, 0.4) is 0 Å². The molecule has 0 aromatic heterocycles. The van der Waals surface area contributed by atoms with Crippen molar-refractivity contribution in [3.63, 3.8) is 0 Å². The second-order valence-electron chi connectivity index (χ2n) is 7.50. The third kappa shape index (κ3) is 4.90. The fourth-order valence-electron chi connectivity index (χ4n) is 3.57. The van der Waals surface area contributed by atoms with Gasteiger partial charge >= 0.3 is 5.97 Å². The maximum absolute atomic E-state index is 13.0. The number of methoxy groups -OCH3 is 1. The summed E-state index contributed by atoms with van der Waals surface area (Å²) in [6, 6.07) is 12.6. The fourth-order valence-corrected chi connectivity index (χ4v) is 3.99. The second-order valence-corrected chi connectivity index (χ2v) is 8.41. The maximum Gasteiger partial charge on any atom is 0.307 e. The largest absolute Gasteiger partial charge is 0.469 e. The normalized spacial score (nSPS) is 17.0. The van der Waals surface area contributed by atoms with Crippen molar-refractivity contribution in [2.75, 3.05) is 18.6 Å². The number of carbonyl (C=O) groups excluding carboxylic acids is 3. The monoisotopic (exact) mass is 472 g/mol. The highest BCUT2D eigenvalue weighted by Gasteiger charge is 2.38. The summed E-state index contributed by atoms with van der Waals surface area (Å²) >= 11 is 3.41. The molecule has 30 heavy (non-hydrogen) atoms. The molecule has 7 heteroatoms. The zero-order chi connectivity index (χ0) is 21.8. The van der Waals surface area contributed by atoms with Gasteiger partial charge in [0.1, 0.15) is 5.92 Å². The minimum atomic E-state index is -0.779. The number of esters is 1. The van der Waals surface area contributed by atoms with Crippen LogP contribution in [0.5, 0.6) is 0 Å². The lowest BCUT2D eigenvalue weighted by Gasteiger charge is -2.21. The molecule has 1 heterocycles. The lowest BCUT2D eigenvalue weighted by Crippen LogP contribution is -2.39. The molecule has 0 spiro atoms. The molecule has 2 unspecified atom stereocenters. The van der Waals surface area contributed by atoms with E-state index in [1.54, 1.807) is 4.90 Å². The zero-order valence-corrected chi connectivity index (χ0v) is 18.9. The average Bonchev–Trinajstić information content (AvgIpc) is 3.10. The quantitative estimate of drug-likeness (QED) is 0.511. The number of hydrogen-bond donors (Lipinski definition) is 1. The molecule has 1 aliphatic rings. The highest BCUT2D eigenvalue weighted by molar-refractivity contribution is 9.10. The number of rotatable bonds is 6. The Hall–Kier alpha value is -2.67. The molecule has 2 amide bonds. The minimum Gasteiger partial charge on any atom is -0.469 e. The molecular weight excluding hydrogens is 448 g/mol. The SMILES string of the molecule is COC(=O)CC(NC(=O)C1CCN(c2ccc(C)c(C)c2)C1=O)c1cccc(Br)c1. The van der Waals surface area contributed by atoms with Crippen molar-refractivity contribution in [1.29, 1.82) is 0 Å². The first-order chi connectivity index (χ1) is 14.3. The number of ether oxygens (including phenoxy) is 1. The van der Waals surface area contributed by atoms with Gasteiger partial charge in [-0.3, -0.25) is 14.4 Å². The molecule has 1 saturated heterocycles. The minimum absolute atomic E-state index is 0.0134. The number of nitrogens with one attached hydrogen (secondary N) is 1. The molecule has 1 fully saturated rings. The molecule has 6 nitrogen and oxygen atoms in total. The Morgan fingerprint density at radius 2 is 1.97 bits per heavy atom. The Labute approximate surface area is 184 Å². The molecule has 0 radical (unpaired) electrons. The van der Waals surface area contributed by atoms with Gasteiger partial charge in [0, 0.05) is 16.7 Å². The number of carbonyl (C=O) groups is 3. The first kappa shape index (κ1) is 22.0. The van der Waals surface area contributed by atoms with Gasteiger partial charge in [-0.2, -0.15) is 0 Å². The summed E-state index contributed by atoms with van der Waals surface area (Å²) in [6.07, 6.45) is 0.418. The Morgan fingerprint density at radius 1 is 1.20 bits per heavy atom. The molecule has 1 N–H and O–H groups in total. The molecule has 0 saturated carbocycles. The van der Waals surface area contributed by atoms with Crippen LogP contribution >= 0.6 is 15.9 Å². The summed E-state index contributed by atoms with van der Waals surface area (Å²) in [5.41, 5.74) is 3.82. The van der Waals surface area contributed by atoms with Crippen LogP contribution in [0, 0.1) is 19.8 Å². The second kappa shape index (κ2) is 9.43. The third-order valence-corrected chi connectivity index (χ3v) is 5.98. The van der Waals surface area contributed by atoms with Crippen LogP contribution in [0.4, 0.5) is 5.69 Å². The van der Waals surface area contributed by atoms with Crippen molar-refractivity contribution in [3.8, 4) is 0 Å². The number of nitrogens with zero attached hydrogens (tertiary/aromatic N) is 1. The van der Waals surface area contributed by atoms with Crippen molar-refractivity contribution in [2.24, 2.45) is 5.92 Å². The first-order valence-corrected chi connectivity index (χ1v) is 10.6. The van der Waals surface area contributed by atoms with Crippen molar-refractivity contribution in [3.05, 3.63) is 63.6 Å². The molecule has 158 valence electrons. The first-order valence-electron chi connectivity index (χ1n) is 9.81. The Bertz CT molecular complexity index is 975. The van der Waals surface area contributed by atoms with Crippen LogP contribution in [0.1, 0.15) is 35.6 Å². The van der Waals surface area contributed by atoms with E-state index in [0.717, 1.165) is 26.9 Å². The van der Waals surface area contributed by atoms with E-state index in [2.05, 4.69) is 21.2 Å². The molecule has 0 aliphatic carbocycles. The van der Waals surface area contributed by atoms with Gasteiger partial charge in [-0.05, 0) is 61.2 Å². The lowest BCUT2D eigenvalue weighted by molar-refractivity contribution is -0.141. The molecule has 2 atom stereocenters. The van der Waals surface area contributed by atoms with E-state index in [9.17, 15) is 14.4 Å². The van der Waals surface area contributed by atoms with Gasteiger partial charge in [-0.25, -0.2) is 0 Å². The predicted molar refractivity (Wildman–Crippen MR) is 118 cm³/mol. The predicted octanol–water partition coefficient (Wildman–Crippen LogP) is 3.84. The molecule has 2 aromatic carbocycles. The van der Waals surface area contributed by atoms with Gasteiger partial charge in [0.25, 0.3) is 0 Å². The number of anilines is 1. The van der Waals surface area contributed by atoms with Crippen LogP contribution in [0.25, 0.3) is 0 Å². The van der Waals surface area contributed by atoms with Crippen LogP contribution in [0.2, 0.25) is 0 Å². The van der Waals surface area contributed by atoms with E-state index in [1.165, 1.54) is 7.11 Å². The van der Waals surface area contributed by atoms with Crippen LogP contribution in [0.15, 0.2) is 46.9 Å². The third-order valence-electron chi connectivity index (χ3n) is 5.49. The Morgan fingerprint density at radius 3 is 2.63 bits per heavy atom. The van der Waals surface area contributed by atoms with Gasteiger partial charge < -0.3 is 15.0 Å². The van der Waals surface area contributed by atoms with Gasteiger partial charge in [0.2, 0.25) is 11.8 Å². The summed E-state index contributed by atoms with van der Waals surface area (Å²) in [5.74, 6) is -1.81. The average molecular weight is 473 g/mol. The number of benzene rings is 2. The number of amides is 2. The van der Waals surface area contributed by atoms with Crippen LogP contribution < -0.4 is 10.2 Å². The maximum atomic E-state index is 13.0. The smallest absolute Gasteiger partial charge is 0.307 e. The van der Waals surface area contributed by atoms with Gasteiger partial charge in [0.15, 0.2) is 0 Å². The number of hydrogen-bond acceptors (Lipinski definition) is 4. The summed E-state index contributed by atoms with van der Waals surface area (Å²) in [5, 5.41) is 2.88. The summed E-state index contributed by atoms with van der Waals surface area (Å²) in [6.45, 7) is 4.50. The van der Waals surface area contributed by atoms with E-state index in [4.69, 9.17) is 4.74 Å². The Balaban J connectivity index is 1.76.